The van der Waals surface area contributed by atoms with Gasteiger partial charge in [-0.15, -0.1) is 0 Å². The molecule has 7 heteroatoms. The molecule has 0 bridgehead atoms. The van der Waals surface area contributed by atoms with Crippen molar-refractivity contribution < 1.29 is 14.4 Å². The number of carbonyl (C=O) groups is 3. The summed E-state index contributed by atoms with van der Waals surface area (Å²) in [4.78, 5) is 44.1. The van der Waals surface area contributed by atoms with Crippen LogP contribution in [0, 0.1) is 11.8 Å². The Labute approximate surface area is 172 Å². The minimum absolute atomic E-state index is 0.124. The van der Waals surface area contributed by atoms with Gasteiger partial charge in [0.15, 0.2) is 0 Å². The first kappa shape index (κ1) is 17.2. The highest BCUT2D eigenvalue weighted by atomic mass is 35.5. The molecule has 0 aromatic heterocycles. The molecule has 4 aliphatic heterocycles. The van der Waals surface area contributed by atoms with E-state index in [1.165, 1.54) is 4.90 Å². The number of hydrogen-bond acceptors (Lipinski definition) is 4. The van der Waals surface area contributed by atoms with Crippen LogP contribution in [0.5, 0.6) is 0 Å². The standard InChI is InChI=1S/C22H18ClN3O3/c23-14-9-4-8-13-18(14)24-21(29)22(13)17-16(15-10-5-11-25(15)22)19(27)26(20(17)28)12-6-2-1-3-7-12/h1-4,6-9,15-17H,5,10-11H2,(H,24,29)/t15-,16+,17+,22+/m0/s1. The van der Waals surface area contributed by atoms with Crippen LogP contribution in [0.4, 0.5) is 11.4 Å². The van der Waals surface area contributed by atoms with Crippen LogP contribution in [0.15, 0.2) is 48.5 Å². The first-order chi connectivity index (χ1) is 14.1. The van der Waals surface area contributed by atoms with E-state index >= 15 is 0 Å². The first-order valence-electron chi connectivity index (χ1n) is 9.87. The Bertz CT molecular complexity index is 1090. The average Bonchev–Trinajstić information content (AvgIpc) is 3.42. The maximum Gasteiger partial charge on any atom is 0.250 e. The molecule has 3 saturated heterocycles. The minimum atomic E-state index is -1.18. The molecular weight excluding hydrogens is 390 g/mol. The van der Waals surface area contributed by atoms with E-state index in [1.54, 1.807) is 36.4 Å². The maximum absolute atomic E-state index is 13.7. The molecule has 29 heavy (non-hydrogen) atoms. The Morgan fingerprint density at radius 3 is 2.59 bits per heavy atom. The molecule has 1 N–H and O–H groups in total. The number of halogens is 1. The van der Waals surface area contributed by atoms with Gasteiger partial charge >= 0.3 is 0 Å². The Morgan fingerprint density at radius 1 is 1.00 bits per heavy atom. The Balaban J connectivity index is 1.58. The zero-order valence-corrected chi connectivity index (χ0v) is 16.2. The number of anilines is 2. The van der Waals surface area contributed by atoms with Gasteiger partial charge in [0, 0.05) is 11.6 Å². The number of carbonyl (C=O) groups excluding carboxylic acids is 3. The van der Waals surface area contributed by atoms with Crippen molar-refractivity contribution in [2.24, 2.45) is 11.8 Å². The second kappa shape index (κ2) is 5.68. The number of fused-ring (bicyclic) bond motifs is 7. The number of benzene rings is 2. The van der Waals surface area contributed by atoms with Gasteiger partial charge < -0.3 is 5.32 Å². The van der Waals surface area contributed by atoms with Crippen molar-refractivity contribution in [3.05, 3.63) is 59.1 Å². The van der Waals surface area contributed by atoms with Crippen LogP contribution in [0.2, 0.25) is 5.02 Å². The van der Waals surface area contributed by atoms with E-state index in [2.05, 4.69) is 10.2 Å². The second-order valence-electron chi connectivity index (χ2n) is 8.14. The molecule has 4 atom stereocenters. The monoisotopic (exact) mass is 407 g/mol. The summed E-state index contributed by atoms with van der Waals surface area (Å²) < 4.78 is 0. The summed E-state index contributed by atoms with van der Waals surface area (Å²) >= 11 is 6.38. The van der Waals surface area contributed by atoms with Gasteiger partial charge in [-0.3, -0.25) is 19.3 Å². The molecule has 3 fully saturated rings. The highest BCUT2D eigenvalue weighted by molar-refractivity contribution is 6.35. The quantitative estimate of drug-likeness (QED) is 0.738. The van der Waals surface area contributed by atoms with Gasteiger partial charge in [-0.1, -0.05) is 41.9 Å². The fourth-order valence-electron chi connectivity index (χ4n) is 6.03. The molecular formula is C22H18ClN3O3. The fourth-order valence-corrected chi connectivity index (χ4v) is 6.25. The topological polar surface area (TPSA) is 69.7 Å². The van der Waals surface area contributed by atoms with E-state index in [9.17, 15) is 14.4 Å². The molecule has 6 nitrogen and oxygen atoms in total. The number of nitrogens with one attached hydrogen (secondary N) is 1. The van der Waals surface area contributed by atoms with E-state index in [-0.39, 0.29) is 23.8 Å². The lowest BCUT2D eigenvalue weighted by atomic mass is 9.75. The van der Waals surface area contributed by atoms with E-state index < -0.39 is 17.4 Å². The summed E-state index contributed by atoms with van der Waals surface area (Å²) in [5.74, 6) is -2.04. The zero-order valence-electron chi connectivity index (χ0n) is 15.5. The van der Waals surface area contributed by atoms with E-state index in [1.807, 2.05) is 12.1 Å². The molecule has 2 aromatic rings. The number of rotatable bonds is 1. The van der Waals surface area contributed by atoms with Crippen molar-refractivity contribution >= 4 is 40.7 Å². The molecule has 1 spiro atoms. The highest BCUT2D eigenvalue weighted by Gasteiger charge is 2.74. The number of imide groups is 1. The highest BCUT2D eigenvalue weighted by Crippen LogP contribution is 2.61. The largest absolute Gasteiger partial charge is 0.323 e. The smallest absolute Gasteiger partial charge is 0.250 e. The SMILES string of the molecule is O=C1[C@@H]2[C@@H]3CCCN3[C@@]3(C(=O)Nc4c(Cl)cccc43)[C@H]2C(=O)N1c1ccccc1. The molecule has 0 unspecified atom stereocenters. The molecule has 4 aliphatic rings. The summed E-state index contributed by atoms with van der Waals surface area (Å²) in [5, 5.41) is 3.37. The van der Waals surface area contributed by atoms with Gasteiger partial charge in [0.25, 0.3) is 5.91 Å². The van der Waals surface area contributed by atoms with Crippen LogP contribution in [0.3, 0.4) is 0 Å². The van der Waals surface area contributed by atoms with Crippen molar-refractivity contribution in [1.29, 1.82) is 0 Å². The third kappa shape index (κ3) is 1.89. The summed E-state index contributed by atoms with van der Waals surface area (Å²) in [6, 6.07) is 14.2. The molecule has 4 heterocycles. The predicted octanol–water partition coefficient (Wildman–Crippen LogP) is 2.77. The molecule has 0 aliphatic carbocycles. The molecule has 146 valence electrons. The predicted molar refractivity (Wildman–Crippen MR) is 107 cm³/mol. The van der Waals surface area contributed by atoms with E-state index in [0.717, 1.165) is 12.8 Å². The van der Waals surface area contributed by atoms with Crippen LogP contribution in [0.1, 0.15) is 18.4 Å². The van der Waals surface area contributed by atoms with E-state index in [4.69, 9.17) is 11.6 Å². The Hall–Kier alpha value is -2.70. The van der Waals surface area contributed by atoms with Crippen LogP contribution >= 0.6 is 11.6 Å². The number of hydrogen-bond donors (Lipinski definition) is 1. The average molecular weight is 408 g/mol. The molecule has 2 aromatic carbocycles. The lowest BCUT2D eigenvalue weighted by Crippen LogP contribution is -2.54. The molecule has 0 radical (unpaired) electrons. The molecule has 6 rings (SSSR count). The van der Waals surface area contributed by atoms with Gasteiger partial charge in [-0.25, -0.2) is 4.90 Å². The summed E-state index contributed by atoms with van der Waals surface area (Å²) in [5.41, 5.74) is 0.651. The van der Waals surface area contributed by atoms with Crippen LogP contribution in [-0.2, 0) is 19.9 Å². The van der Waals surface area contributed by atoms with Crippen molar-refractivity contribution in [1.82, 2.24) is 4.90 Å². The summed E-state index contributed by atoms with van der Waals surface area (Å²) in [6.07, 6.45) is 1.69. The summed E-state index contributed by atoms with van der Waals surface area (Å²) in [6.45, 7) is 0.683. The maximum atomic E-state index is 13.7. The van der Waals surface area contributed by atoms with E-state index in [0.29, 0.717) is 28.5 Å². The second-order valence-corrected chi connectivity index (χ2v) is 8.54. The van der Waals surface area contributed by atoms with Gasteiger partial charge in [0.2, 0.25) is 11.8 Å². The van der Waals surface area contributed by atoms with Crippen molar-refractivity contribution in [2.45, 2.75) is 24.4 Å². The van der Waals surface area contributed by atoms with Crippen molar-refractivity contribution in [2.75, 3.05) is 16.8 Å². The van der Waals surface area contributed by atoms with Gasteiger partial charge in [-0.2, -0.15) is 0 Å². The van der Waals surface area contributed by atoms with Crippen LogP contribution in [0.25, 0.3) is 0 Å². The van der Waals surface area contributed by atoms with Crippen molar-refractivity contribution in [3.8, 4) is 0 Å². The molecule has 0 saturated carbocycles. The van der Waals surface area contributed by atoms with Gasteiger partial charge in [0.05, 0.1) is 28.2 Å². The minimum Gasteiger partial charge on any atom is -0.323 e. The third-order valence-electron chi connectivity index (χ3n) is 6.99. The normalized spacial score (nSPS) is 32.7. The lowest BCUT2D eigenvalue weighted by Gasteiger charge is -2.36. The summed E-state index contributed by atoms with van der Waals surface area (Å²) in [7, 11) is 0. The van der Waals surface area contributed by atoms with Gasteiger partial charge in [0.1, 0.15) is 5.54 Å². The number of para-hydroxylation sites is 2. The fraction of sp³-hybridized carbons (Fsp3) is 0.318. The Kier molecular flexibility index (Phi) is 3.36. The van der Waals surface area contributed by atoms with Gasteiger partial charge in [-0.05, 0) is 37.6 Å². The van der Waals surface area contributed by atoms with Crippen LogP contribution < -0.4 is 10.2 Å². The lowest BCUT2D eigenvalue weighted by molar-refractivity contribution is -0.135. The number of amides is 3. The van der Waals surface area contributed by atoms with Crippen LogP contribution in [-0.4, -0.2) is 35.2 Å². The molecule has 3 amide bonds. The first-order valence-corrected chi connectivity index (χ1v) is 10.2. The zero-order chi connectivity index (χ0) is 19.9. The van der Waals surface area contributed by atoms with Crippen molar-refractivity contribution in [3.63, 3.8) is 0 Å². The number of nitrogens with zero attached hydrogens (tertiary/aromatic N) is 2. The third-order valence-corrected chi connectivity index (χ3v) is 7.31. The Morgan fingerprint density at radius 2 is 1.79 bits per heavy atom.